The van der Waals surface area contributed by atoms with Gasteiger partial charge in [0.2, 0.25) is 11.8 Å². The Bertz CT molecular complexity index is 393. The first-order valence-electron chi connectivity index (χ1n) is 5.16. The Labute approximate surface area is 108 Å². The van der Waals surface area contributed by atoms with Crippen molar-refractivity contribution in [3.05, 3.63) is 12.2 Å². The second-order valence-corrected chi connectivity index (χ2v) is 3.26. The van der Waals surface area contributed by atoms with Crippen LogP contribution in [0.25, 0.3) is 0 Å². The van der Waals surface area contributed by atoms with Gasteiger partial charge in [0.15, 0.2) is 0 Å². The highest BCUT2D eigenvalue weighted by Gasteiger charge is 2.19. The van der Waals surface area contributed by atoms with Crippen molar-refractivity contribution >= 4 is 23.8 Å². The number of carbonyl (C=O) groups excluding carboxylic acids is 3. The van der Waals surface area contributed by atoms with Gasteiger partial charge in [-0.2, -0.15) is 0 Å². The summed E-state index contributed by atoms with van der Waals surface area (Å²) in [5.41, 5.74) is 5.02. The fraction of sp³-hybridized carbons (Fsp3) is 0.400. The maximum Gasteiger partial charge on any atom is 0.330 e. The summed E-state index contributed by atoms with van der Waals surface area (Å²) in [6.45, 7) is -0.703. The lowest BCUT2D eigenvalue weighted by molar-refractivity contribution is -0.141. The van der Waals surface area contributed by atoms with Gasteiger partial charge >= 0.3 is 11.9 Å². The third-order valence-electron chi connectivity index (χ3n) is 1.87. The zero-order valence-corrected chi connectivity index (χ0v) is 10.2. The lowest BCUT2D eigenvalue weighted by atomic mass is 10.3. The zero-order chi connectivity index (χ0) is 14.8. The van der Waals surface area contributed by atoms with Crippen LogP contribution >= 0.6 is 0 Å². The number of carboxylic acid groups (broad SMARTS) is 1. The van der Waals surface area contributed by atoms with E-state index in [0.29, 0.717) is 0 Å². The van der Waals surface area contributed by atoms with E-state index < -0.39 is 29.8 Å². The van der Waals surface area contributed by atoms with Crippen LogP contribution < -0.4 is 16.4 Å². The molecule has 0 fully saturated rings. The minimum atomic E-state index is -1.32. The van der Waals surface area contributed by atoms with Crippen LogP contribution in [0.15, 0.2) is 12.2 Å². The maximum atomic E-state index is 11.2. The van der Waals surface area contributed by atoms with Gasteiger partial charge in [-0.1, -0.05) is 0 Å². The molecule has 0 unspecified atom stereocenters. The Morgan fingerprint density at radius 3 is 2.42 bits per heavy atom. The molecule has 0 radical (unpaired) electrons. The van der Waals surface area contributed by atoms with Crippen LogP contribution in [0.3, 0.4) is 0 Å². The Morgan fingerprint density at radius 2 is 1.95 bits per heavy atom. The summed E-state index contributed by atoms with van der Waals surface area (Å²) >= 11 is 0. The van der Waals surface area contributed by atoms with E-state index in [1.54, 1.807) is 0 Å². The molecule has 9 heteroatoms. The summed E-state index contributed by atoms with van der Waals surface area (Å²) < 4.78 is 4.26. The van der Waals surface area contributed by atoms with E-state index in [0.717, 1.165) is 19.3 Å². The number of esters is 1. The highest BCUT2D eigenvalue weighted by atomic mass is 16.5. The molecule has 1 atom stereocenters. The fourth-order valence-electron chi connectivity index (χ4n) is 0.927. The molecule has 0 saturated carbocycles. The van der Waals surface area contributed by atoms with Crippen molar-refractivity contribution in [3.63, 3.8) is 0 Å². The van der Waals surface area contributed by atoms with Gasteiger partial charge in [-0.3, -0.25) is 9.59 Å². The van der Waals surface area contributed by atoms with Crippen LogP contribution in [0.2, 0.25) is 0 Å². The summed E-state index contributed by atoms with van der Waals surface area (Å²) in [7, 11) is 1.15. The van der Waals surface area contributed by atoms with E-state index in [9.17, 15) is 19.2 Å². The van der Waals surface area contributed by atoms with E-state index in [1.165, 1.54) is 0 Å². The summed E-state index contributed by atoms with van der Waals surface area (Å²) in [6, 6.07) is -1.30. The summed E-state index contributed by atoms with van der Waals surface area (Å²) in [5, 5.41) is 13.1. The SMILES string of the molecule is COC(=O)/C=C\C(=O)NC[C@H](NC(=O)CN)C(=O)O. The van der Waals surface area contributed by atoms with Gasteiger partial charge in [-0.25, -0.2) is 9.59 Å². The van der Waals surface area contributed by atoms with E-state index in [2.05, 4.69) is 15.4 Å². The molecule has 0 aromatic carbocycles. The van der Waals surface area contributed by atoms with Gasteiger partial charge in [-0.15, -0.1) is 0 Å². The number of hydrogen-bond acceptors (Lipinski definition) is 6. The second-order valence-electron chi connectivity index (χ2n) is 3.26. The van der Waals surface area contributed by atoms with Gasteiger partial charge in [0.25, 0.3) is 0 Å². The Morgan fingerprint density at radius 1 is 1.32 bits per heavy atom. The summed E-state index contributed by atoms with van der Waals surface area (Å²) in [6.07, 6.45) is 1.76. The molecule has 0 saturated heterocycles. The highest BCUT2D eigenvalue weighted by Crippen LogP contribution is 1.84. The highest BCUT2D eigenvalue weighted by molar-refractivity contribution is 5.94. The van der Waals surface area contributed by atoms with Crippen LogP contribution in [0, 0.1) is 0 Å². The van der Waals surface area contributed by atoms with Crippen molar-refractivity contribution in [2.45, 2.75) is 6.04 Å². The minimum absolute atomic E-state index is 0.342. The average molecular weight is 273 g/mol. The van der Waals surface area contributed by atoms with Crippen LogP contribution in [0.1, 0.15) is 0 Å². The van der Waals surface area contributed by atoms with Crippen molar-refractivity contribution in [1.82, 2.24) is 10.6 Å². The Balaban J connectivity index is 4.29. The molecule has 0 spiro atoms. The number of ether oxygens (including phenoxy) is 1. The number of rotatable bonds is 7. The normalized spacial score (nSPS) is 11.7. The van der Waals surface area contributed by atoms with Crippen LogP contribution in [-0.4, -0.2) is 55.1 Å². The molecular formula is C10H15N3O6. The third-order valence-corrected chi connectivity index (χ3v) is 1.87. The van der Waals surface area contributed by atoms with Gasteiger partial charge in [-0.05, 0) is 0 Å². The monoisotopic (exact) mass is 273 g/mol. The largest absolute Gasteiger partial charge is 0.480 e. The molecule has 0 aromatic rings. The number of aliphatic carboxylic acids is 1. The molecule has 106 valence electrons. The molecule has 0 aliphatic carbocycles. The Kier molecular flexibility index (Phi) is 7.54. The van der Waals surface area contributed by atoms with Crippen molar-refractivity contribution in [3.8, 4) is 0 Å². The van der Waals surface area contributed by atoms with Gasteiger partial charge in [0, 0.05) is 18.7 Å². The van der Waals surface area contributed by atoms with Crippen molar-refractivity contribution in [1.29, 1.82) is 0 Å². The fourth-order valence-corrected chi connectivity index (χ4v) is 0.927. The lowest BCUT2D eigenvalue weighted by Gasteiger charge is -2.13. The number of amides is 2. The first-order valence-corrected chi connectivity index (χ1v) is 5.16. The zero-order valence-electron chi connectivity index (χ0n) is 10.2. The van der Waals surface area contributed by atoms with Crippen molar-refractivity contribution in [2.24, 2.45) is 5.73 Å². The van der Waals surface area contributed by atoms with Crippen molar-refractivity contribution < 1.29 is 29.0 Å². The van der Waals surface area contributed by atoms with Crippen molar-refractivity contribution in [2.75, 3.05) is 20.2 Å². The molecule has 0 aromatic heterocycles. The van der Waals surface area contributed by atoms with E-state index in [4.69, 9.17) is 10.8 Å². The average Bonchev–Trinajstić information content (AvgIpc) is 2.39. The first kappa shape index (κ1) is 16.6. The number of nitrogens with one attached hydrogen (secondary N) is 2. The van der Waals surface area contributed by atoms with E-state index in [-0.39, 0.29) is 13.1 Å². The summed E-state index contributed by atoms with van der Waals surface area (Å²) in [4.78, 5) is 43.6. The topological polar surface area (TPSA) is 148 Å². The van der Waals surface area contributed by atoms with Gasteiger partial charge < -0.3 is 26.2 Å². The molecule has 0 aliphatic rings. The number of carbonyl (C=O) groups is 4. The van der Waals surface area contributed by atoms with Crippen LogP contribution in [0.4, 0.5) is 0 Å². The number of methoxy groups -OCH3 is 1. The quantitative estimate of drug-likeness (QED) is 0.292. The second kappa shape index (κ2) is 8.64. The number of hydrogen-bond donors (Lipinski definition) is 4. The molecule has 2 amide bonds. The van der Waals surface area contributed by atoms with Crippen LogP contribution in [-0.2, 0) is 23.9 Å². The minimum Gasteiger partial charge on any atom is -0.480 e. The van der Waals surface area contributed by atoms with Crippen LogP contribution in [0.5, 0.6) is 0 Å². The van der Waals surface area contributed by atoms with Gasteiger partial charge in [0.1, 0.15) is 6.04 Å². The first-order chi connectivity index (χ1) is 8.90. The predicted molar refractivity (Wildman–Crippen MR) is 62.8 cm³/mol. The summed E-state index contributed by atoms with van der Waals surface area (Å²) in [5.74, 6) is -3.40. The smallest absolute Gasteiger partial charge is 0.330 e. The molecular weight excluding hydrogens is 258 g/mol. The molecule has 0 rings (SSSR count). The predicted octanol–water partition coefficient (Wildman–Crippen LogP) is -2.64. The maximum absolute atomic E-state index is 11.2. The molecule has 0 aliphatic heterocycles. The number of nitrogens with two attached hydrogens (primary N) is 1. The standard InChI is InChI=1S/C10H15N3O6/c1-19-9(16)3-2-7(14)12-5-6(10(17)18)13-8(15)4-11/h2-3,6H,4-5,11H2,1H3,(H,12,14)(H,13,15)(H,17,18)/b3-2-/t6-/m0/s1. The lowest BCUT2D eigenvalue weighted by Crippen LogP contribution is -2.49. The van der Waals surface area contributed by atoms with E-state index in [1.807, 2.05) is 0 Å². The molecule has 5 N–H and O–H groups in total. The Hall–Kier alpha value is -2.42. The molecule has 0 bridgehead atoms. The molecule has 0 heterocycles. The third kappa shape index (κ3) is 7.49. The van der Waals surface area contributed by atoms with E-state index >= 15 is 0 Å². The molecule has 19 heavy (non-hydrogen) atoms. The van der Waals surface area contributed by atoms with Gasteiger partial charge in [0.05, 0.1) is 13.7 Å². The number of carboxylic acids is 1. The molecule has 9 nitrogen and oxygen atoms in total.